The molecule has 3 saturated carbocycles. The number of alkyl halides is 3. The van der Waals surface area contributed by atoms with Crippen LogP contribution in [-0.2, 0) is 6.18 Å². The van der Waals surface area contributed by atoms with Crippen molar-refractivity contribution >= 4 is 0 Å². The highest BCUT2D eigenvalue weighted by atomic mass is 19.4. The second-order valence-corrected chi connectivity index (χ2v) is 9.15. The Kier molecular flexibility index (Phi) is 5.40. The first-order valence-electron chi connectivity index (χ1n) is 10.8. The minimum atomic E-state index is -4.24. The van der Waals surface area contributed by atoms with Gasteiger partial charge in [-0.15, -0.1) is 0 Å². The molecule has 1 aromatic rings. The van der Waals surface area contributed by atoms with Gasteiger partial charge in [-0.25, -0.2) is 0 Å². The normalized spacial score (nSPS) is 37.0. The minimum Gasteiger partial charge on any atom is -0.166 e. The fourth-order valence-electron chi connectivity index (χ4n) is 6.52. The Morgan fingerprint density at radius 2 is 1.44 bits per heavy atom. The van der Waals surface area contributed by atoms with Crippen LogP contribution >= 0.6 is 0 Å². The topological polar surface area (TPSA) is 0 Å². The van der Waals surface area contributed by atoms with Gasteiger partial charge in [-0.3, -0.25) is 0 Å². The summed E-state index contributed by atoms with van der Waals surface area (Å²) in [6, 6.07) is 5.98. The quantitative estimate of drug-likeness (QED) is 0.466. The van der Waals surface area contributed by atoms with E-state index in [1.165, 1.54) is 57.1 Å². The van der Waals surface area contributed by atoms with Crippen molar-refractivity contribution in [1.82, 2.24) is 0 Å². The van der Waals surface area contributed by atoms with Gasteiger partial charge in [0.25, 0.3) is 0 Å². The minimum absolute atomic E-state index is 0.449. The van der Waals surface area contributed by atoms with E-state index < -0.39 is 11.7 Å². The molecule has 3 fully saturated rings. The third-order valence-corrected chi connectivity index (χ3v) is 7.76. The van der Waals surface area contributed by atoms with Gasteiger partial charge in [-0.1, -0.05) is 24.3 Å². The summed E-state index contributed by atoms with van der Waals surface area (Å²) in [5.41, 5.74) is 0.582. The fraction of sp³-hybridized carbons (Fsp3) is 0.667. The maximum Gasteiger partial charge on any atom is 0.416 e. The van der Waals surface area contributed by atoms with Gasteiger partial charge in [0.15, 0.2) is 0 Å². The lowest BCUT2D eigenvalue weighted by molar-refractivity contribution is -0.137. The largest absolute Gasteiger partial charge is 0.416 e. The first-order chi connectivity index (χ1) is 13.0. The average Bonchev–Trinajstić information content (AvgIpc) is 2.67. The van der Waals surface area contributed by atoms with Crippen LogP contribution in [0.25, 0.3) is 0 Å². The van der Waals surface area contributed by atoms with Crippen molar-refractivity contribution in [1.29, 1.82) is 0 Å². The number of rotatable bonds is 2. The van der Waals surface area contributed by atoms with E-state index in [9.17, 15) is 13.2 Å². The Labute approximate surface area is 161 Å². The molecule has 0 aliphatic heterocycles. The van der Waals surface area contributed by atoms with Crippen molar-refractivity contribution in [3.05, 3.63) is 47.5 Å². The van der Waals surface area contributed by atoms with Crippen molar-refractivity contribution in [2.75, 3.05) is 0 Å². The predicted molar refractivity (Wildman–Crippen MR) is 103 cm³/mol. The third-order valence-electron chi connectivity index (χ3n) is 7.76. The van der Waals surface area contributed by atoms with E-state index in [1.54, 1.807) is 12.1 Å². The van der Waals surface area contributed by atoms with Crippen LogP contribution in [0.2, 0.25) is 0 Å². The van der Waals surface area contributed by atoms with Gasteiger partial charge in [0.2, 0.25) is 0 Å². The predicted octanol–water partition coefficient (Wildman–Crippen LogP) is 7.61. The first kappa shape index (κ1) is 19.1. The molecule has 0 saturated heterocycles. The number of halogens is 3. The Hall–Kier alpha value is -1.25. The maximum atomic E-state index is 12.8. The maximum absolute atomic E-state index is 12.8. The Bertz CT molecular complexity index is 657. The monoisotopic (exact) mass is 376 g/mol. The zero-order chi connectivity index (χ0) is 19.0. The second kappa shape index (κ2) is 7.64. The summed E-state index contributed by atoms with van der Waals surface area (Å²) in [7, 11) is 0. The summed E-state index contributed by atoms with van der Waals surface area (Å²) < 4.78 is 38.4. The van der Waals surface area contributed by atoms with Crippen molar-refractivity contribution in [2.24, 2.45) is 29.6 Å². The van der Waals surface area contributed by atoms with Crippen LogP contribution in [0.15, 0.2) is 36.4 Å². The molecular formula is C24H31F3. The van der Waals surface area contributed by atoms with Crippen LogP contribution in [0.3, 0.4) is 0 Å². The van der Waals surface area contributed by atoms with Gasteiger partial charge < -0.3 is 0 Å². The summed E-state index contributed by atoms with van der Waals surface area (Å²) in [5, 5.41) is 0. The number of fused-ring (bicyclic) bond motifs is 3. The molecule has 0 radical (unpaired) electrons. The van der Waals surface area contributed by atoms with Gasteiger partial charge in [-0.2, -0.15) is 13.2 Å². The molecule has 0 nitrogen and oxygen atoms in total. The molecule has 0 heterocycles. The molecule has 0 unspecified atom stereocenters. The van der Waals surface area contributed by atoms with E-state index >= 15 is 0 Å². The summed E-state index contributed by atoms with van der Waals surface area (Å²) >= 11 is 0. The fourth-order valence-corrected chi connectivity index (χ4v) is 6.52. The Balaban J connectivity index is 1.40. The molecule has 0 bridgehead atoms. The molecule has 6 atom stereocenters. The highest BCUT2D eigenvalue weighted by Crippen LogP contribution is 2.54. The van der Waals surface area contributed by atoms with E-state index in [1.807, 2.05) is 0 Å². The van der Waals surface area contributed by atoms with Crippen LogP contribution in [0, 0.1) is 29.6 Å². The summed E-state index contributed by atoms with van der Waals surface area (Å²) in [6.07, 6.45) is 10.8. The van der Waals surface area contributed by atoms with Gasteiger partial charge >= 0.3 is 6.18 Å². The van der Waals surface area contributed by atoms with Crippen LogP contribution < -0.4 is 0 Å². The van der Waals surface area contributed by atoms with Gasteiger partial charge in [0.1, 0.15) is 0 Å². The van der Waals surface area contributed by atoms with Crippen molar-refractivity contribution < 1.29 is 13.2 Å². The molecule has 3 heteroatoms. The molecule has 27 heavy (non-hydrogen) atoms. The van der Waals surface area contributed by atoms with Gasteiger partial charge in [-0.05, 0) is 111 Å². The van der Waals surface area contributed by atoms with Crippen molar-refractivity contribution in [2.45, 2.75) is 70.4 Å². The summed E-state index contributed by atoms with van der Waals surface area (Å²) in [4.78, 5) is 0. The number of hydrogen-bond donors (Lipinski definition) is 0. The molecule has 4 rings (SSSR count). The van der Waals surface area contributed by atoms with Crippen LogP contribution in [0.1, 0.15) is 75.3 Å². The number of hydrogen-bond acceptors (Lipinski definition) is 0. The van der Waals surface area contributed by atoms with E-state index in [0.717, 1.165) is 41.6 Å². The van der Waals surface area contributed by atoms with E-state index in [2.05, 4.69) is 19.1 Å². The first-order valence-corrected chi connectivity index (χ1v) is 10.8. The molecule has 3 aliphatic rings. The second-order valence-electron chi connectivity index (χ2n) is 9.15. The SMILES string of the molecule is CC=C[C@@H]1CC[C@H]2[C@H](CC[C@H]3C[C@H](c4ccc(C(F)(F)F)cc4)CC[C@@H]32)C1. The molecule has 0 amide bonds. The molecule has 148 valence electrons. The Morgan fingerprint density at radius 1 is 0.815 bits per heavy atom. The molecule has 3 aliphatic carbocycles. The highest BCUT2D eigenvalue weighted by molar-refractivity contribution is 5.27. The van der Waals surface area contributed by atoms with E-state index in [-0.39, 0.29) is 0 Å². The highest BCUT2D eigenvalue weighted by Gasteiger charge is 2.44. The lowest BCUT2D eigenvalue weighted by atomic mass is 9.55. The molecule has 0 spiro atoms. The summed E-state index contributed by atoms with van der Waals surface area (Å²) in [5.74, 6) is 4.69. The lowest BCUT2D eigenvalue weighted by Crippen LogP contribution is -2.41. The van der Waals surface area contributed by atoms with E-state index in [0.29, 0.717) is 5.92 Å². The van der Waals surface area contributed by atoms with Crippen LogP contribution in [0.4, 0.5) is 13.2 Å². The van der Waals surface area contributed by atoms with Crippen molar-refractivity contribution in [3.8, 4) is 0 Å². The Morgan fingerprint density at radius 3 is 2.07 bits per heavy atom. The van der Waals surface area contributed by atoms with Crippen molar-refractivity contribution in [3.63, 3.8) is 0 Å². The zero-order valence-electron chi connectivity index (χ0n) is 16.2. The molecular weight excluding hydrogens is 345 g/mol. The molecule has 0 N–H and O–H groups in total. The molecule has 1 aromatic carbocycles. The van der Waals surface area contributed by atoms with Crippen LogP contribution in [0.5, 0.6) is 0 Å². The number of allylic oxidation sites excluding steroid dienone is 2. The zero-order valence-corrected chi connectivity index (χ0v) is 16.2. The van der Waals surface area contributed by atoms with Gasteiger partial charge in [0.05, 0.1) is 5.56 Å². The van der Waals surface area contributed by atoms with Gasteiger partial charge in [0, 0.05) is 0 Å². The molecule has 0 aromatic heterocycles. The smallest absolute Gasteiger partial charge is 0.166 e. The number of benzene rings is 1. The lowest BCUT2D eigenvalue weighted by Gasteiger charge is -2.50. The average molecular weight is 377 g/mol. The summed E-state index contributed by atoms with van der Waals surface area (Å²) in [6.45, 7) is 2.13. The standard InChI is InChI=1S/C24H31F3/c1-2-3-16-4-12-22-19(14-16)5-6-20-15-18(9-13-23(20)22)17-7-10-21(11-8-17)24(25,26)27/h2-3,7-8,10-11,16,18-20,22-23H,4-6,9,12-15H2,1H3/t16-,18-,19-,20+,22+,23+/m1/s1. The van der Waals surface area contributed by atoms with Crippen LogP contribution in [-0.4, -0.2) is 0 Å². The van der Waals surface area contributed by atoms with E-state index in [4.69, 9.17) is 0 Å². The third kappa shape index (κ3) is 3.98.